The number of hydrogen-bond acceptors (Lipinski definition) is 26. The van der Waals surface area contributed by atoms with Crippen molar-refractivity contribution >= 4 is 169 Å². The molecule has 0 spiro atoms. The van der Waals surface area contributed by atoms with Gasteiger partial charge in [0.15, 0.2) is 11.9 Å². The van der Waals surface area contributed by atoms with E-state index in [2.05, 4.69) is 126 Å². The number of aromatic amines is 4. The van der Waals surface area contributed by atoms with Gasteiger partial charge in [-0.3, -0.25) is 107 Å². The van der Waals surface area contributed by atoms with E-state index in [4.69, 9.17) is 22.3 Å². The average Bonchev–Trinajstić information content (AvgIpc) is 1.79. The van der Waals surface area contributed by atoms with Gasteiger partial charge in [0.25, 0.3) is 0 Å². The van der Waals surface area contributed by atoms with Crippen LogP contribution in [0.3, 0.4) is 0 Å². The smallest absolute Gasteiger partial charge is 0.326 e. The van der Waals surface area contributed by atoms with Crippen molar-refractivity contribution in [2.24, 2.45) is 11.5 Å². The molecule has 770 valence electrons. The normalized spacial score (nSPS) is 14.8. The molecule has 1 fully saturated rings. The molecule has 16 amide bonds. The van der Waals surface area contributed by atoms with Gasteiger partial charge in [-0.1, -0.05) is 54.6 Å². The molecule has 1 aliphatic rings. The van der Waals surface area contributed by atoms with E-state index >= 15 is 0 Å². The second-order valence-electron chi connectivity index (χ2n) is 33.3. The highest BCUT2D eigenvalue weighted by Gasteiger charge is 2.39. The number of amides is 16. The third kappa shape index (κ3) is 36.0. The van der Waals surface area contributed by atoms with Gasteiger partial charge in [-0.05, 0) is 100 Å². The van der Waals surface area contributed by atoms with E-state index in [0.717, 1.165) is 6.42 Å². The molecule has 0 aliphatic carbocycles. The Hall–Kier alpha value is -17.2. The van der Waals surface area contributed by atoms with Crippen LogP contribution in [-0.4, -0.2) is 322 Å². The molecule has 8 rings (SSSR count). The lowest BCUT2D eigenvalue weighted by Gasteiger charge is -2.27. The summed E-state index contributed by atoms with van der Waals surface area (Å²) in [7, 11) is 0. The fraction of sp³-hybridized carbons (Fsp3) is 0.432. The predicted octanol–water partition coefficient (Wildman–Crippen LogP) is -8.54. The Kier molecular flexibility index (Phi) is 42.6. The molecule has 35 N–H and O–H groups in total. The quantitative estimate of drug-likeness (QED) is 0.00956. The van der Waals surface area contributed by atoms with E-state index < -0.39 is 292 Å². The fourth-order valence-electron chi connectivity index (χ4n) is 15.0. The first-order valence-corrected chi connectivity index (χ1v) is 45.0. The largest absolute Gasteiger partial charge is 0.481 e. The summed E-state index contributed by atoms with van der Waals surface area (Å²) in [5.41, 5.74) is 14.2. The molecule has 143 heavy (non-hydrogen) atoms. The third-order valence-corrected chi connectivity index (χ3v) is 22.4. The number of rotatable bonds is 59. The van der Waals surface area contributed by atoms with Crippen LogP contribution in [0, 0.1) is 10.8 Å². The number of nitrogens with two attached hydrogens (primary N) is 2. The zero-order chi connectivity index (χ0) is 105. The molecule has 55 nitrogen and oxygen atoms in total. The Morgan fingerprint density at radius 3 is 1.13 bits per heavy atom. The number of para-hydroxylation sites is 3. The number of carboxylic acids is 5. The minimum Gasteiger partial charge on any atom is -0.481 e. The second kappa shape index (κ2) is 54.8. The highest BCUT2D eigenvalue weighted by Crippen LogP contribution is 2.24. The van der Waals surface area contributed by atoms with Crippen molar-refractivity contribution in [1.82, 2.24) is 126 Å². The van der Waals surface area contributed by atoms with E-state index in [9.17, 15) is 131 Å². The van der Waals surface area contributed by atoms with Gasteiger partial charge in [-0.15, -0.1) is 0 Å². The van der Waals surface area contributed by atoms with Crippen LogP contribution in [0.1, 0.15) is 107 Å². The van der Waals surface area contributed by atoms with Crippen molar-refractivity contribution in [2.75, 3.05) is 45.9 Å². The molecule has 3 aromatic carbocycles. The van der Waals surface area contributed by atoms with E-state index in [-0.39, 0.29) is 51.6 Å². The molecular formula is C88H116N28O27. The number of hydrogen-bond donors (Lipinski definition) is 33. The standard InChI is InChI=1S/C88H116N28O27/c1-42(105-80(136)61(30-70(123)124)106-66(118)37-100-75(131)54-18-9-23-94-54)73(129)104-43(2)74(130)112-59(27-45-34-98-52-16-7-4-13-49(45)52)82(138)113-58(26-44-33-97-51-15-6-3-12-48(44)51)77(133)102-39-68(120)108-65(40-117)85(141)116-62(31-71(125)126)83(139)110-56(20-11-25-96-88(91)92)79(135)115-63(32-72(127)128)84(140)114-60(28-46-35-99-53-17-8-5-14-50(46)53)81(137)109-55(19-10-24-95-87(89)90)78(134)111-57(21-22-69(121)122)76(132)101-38-67(119)107-64(86(142)143)29-47-36-93-41-103-47/h3-8,12-17,33-36,41-43,54-65,94,97-99,117H,9-11,18-32,37-40H2,1-2H3,(H,93,103)(H,100,131)(H,101,132)(H,102,133)(H,104,129)(H,105,136)(H,106,118)(H,107,119)(H,108,120)(H,109,137)(H,110,139)(H,111,134)(H,112,130)(H,113,138)(H,114,140)(H,115,135)(H,116,141)(H,121,122)(H,123,124)(H,125,126)(H,127,128)(H,142,143)(H4,89,90,95)(H4,91,92,96)/t42-,43-,54-,55-,56-,57-,58-,59-,60-,61-,62-,63-,64-,65-/m0/s1. The molecule has 5 heterocycles. The van der Waals surface area contributed by atoms with Crippen LogP contribution in [0.25, 0.3) is 32.7 Å². The lowest BCUT2D eigenvalue weighted by atomic mass is 10.0. The van der Waals surface area contributed by atoms with Gasteiger partial charge >= 0.3 is 29.8 Å². The van der Waals surface area contributed by atoms with Crippen molar-refractivity contribution < 1.29 is 131 Å². The Balaban J connectivity index is 0.962. The molecule has 1 aliphatic heterocycles. The summed E-state index contributed by atoms with van der Waals surface area (Å²) in [4.78, 5) is 301. The van der Waals surface area contributed by atoms with E-state index in [1.807, 2.05) is 0 Å². The number of nitrogens with one attached hydrogen (secondary N) is 25. The lowest BCUT2D eigenvalue weighted by molar-refractivity contribution is -0.142. The number of fused-ring (bicyclic) bond motifs is 3. The fourth-order valence-corrected chi connectivity index (χ4v) is 15.0. The van der Waals surface area contributed by atoms with Crippen LogP contribution < -0.4 is 112 Å². The summed E-state index contributed by atoms with van der Waals surface area (Å²) in [5, 5.41) is 122. The highest BCUT2D eigenvalue weighted by molar-refractivity contribution is 6.03. The Labute approximate surface area is 812 Å². The average molecular weight is 2000 g/mol. The minimum absolute atomic E-state index is 0.0997. The number of aliphatic hydroxyl groups is 1. The van der Waals surface area contributed by atoms with Crippen LogP contribution in [-0.2, 0) is 126 Å². The van der Waals surface area contributed by atoms with Crippen molar-refractivity contribution in [1.29, 1.82) is 10.8 Å². The third-order valence-electron chi connectivity index (χ3n) is 22.4. The number of guanidine groups is 2. The van der Waals surface area contributed by atoms with Crippen molar-refractivity contribution in [2.45, 2.75) is 195 Å². The molecule has 0 radical (unpaired) electrons. The van der Waals surface area contributed by atoms with Gasteiger partial charge < -0.3 is 163 Å². The number of nitrogens with zero attached hydrogens (tertiary/aromatic N) is 1. The van der Waals surface area contributed by atoms with E-state index in [1.54, 1.807) is 79.0 Å². The maximum atomic E-state index is 15.0. The number of aromatic nitrogens is 5. The Bertz CT molecular complexity index is 5800. The number of benzene rings is 3. The van der Waals surface area contributed by atoms with Gasteiger partial charge in [0.05, 0.1) is 57.9 Å². The topological polar surface area (TPSA) is 884 Å². The molecule has 1 saturated heterocycles. The molecule has 14 atom stereocenters. The van der Waals surface area contributed by atoms with Gasteiger partial charge in [0.2, 0.25) is 94.5 Å². The highest BCUT2D eigenvalue weighted by atomic mass is 16.4. The number of imidazole rings is 1. The summed E-state index contributed by atoms with van der Waals surface area (Å²) in [5.74, 6) is -27.3. The maximum Gasteiger partial charge on any atom is 0.326 e. The first-order chi connectivity index (χ1) is 68.0. The number of aliphatic hydroxyl groups excluding tert-OH is 1. The summed E-state index contributed by atoms with van der Waals surface area (Å²) in [6, 6.07) is -3.89. The predicted molar refractivity (Wildman–Crippen MR) is 501 cm³/mol. The van der Waals surface area contributed by atoms with Gasteiger partial charge in [-0.2, -0.15) is 0 Å². The maximum absolute atomic E-state index is 15.0. The van der Waals surface area contributed by atoms with E-state index in [0.29, 0.717) is 68.1 Å². The molecule has 4 aromatic heterocycles. The van der Waals surface area contributed by atoms with Crippen molar-refractivity contribution in [3.05, 3.63) is 126 Å². The SMILES string of the molecule is C[C@H](NC(=O)[C@H](C)NC(=O)[C@H](CC(=O)O)NC(=O)CNC(=O)[C@@H]1CCCN1)C(=O)N[C@@H](Cc1c[nH]c2ccccc12)C(=O)N[C@@H](Cc1c[nH]c2ccccc12)C(=O)NCC(=O)N[C@@H](CO)C(=O)N[C@@H](CC(=O)O)C(=O)N[C@@H](CCCNC(=N)N)C(=O)N[C@@H](CC(=O)O)C(=O)N[C@@H](Cc1c[nH]c2ccccc12)C(=O)N[C@@H](CCCNC(=N)N)C(=O)N[C@@H](CCC(=O)O)C(=O)NCC(=O)N[C@@H](Cc1cnc[nH]1)C(=O)O. The first-order valence-electron chi connectivity index (χ1n) is 45.0. The monoisotopic (exact) mass is 2000 g/mol. The van der Waals surface area contributed by atoms with Crippen molar-refractivity contribution in [3.8, 4) is 0 Å². The van der Waals surface area contributed by atoms with E-state index in [1.165, 1.54) is 38.8 Å². The molecule has 0 bridgehead atoms. The molecule has 7 aromatic rings. The van der Waals surface area contributed by atoms with Gasteiger partial charge in [-0.25, -0.2) is 9.78 Å². The van der Waals surface area contributed by atoms with Crippen LogP contribution >= 0.6 is 0 Å². The van der Waals surface area contributed by atoms with Crippen LogP contribution in [0.4, 0.5) is 0 Å². The van der Waals surface area contributed by atoms with Gasteiger partial charge in [0.1, 0.15) is 78.5 Å². The summed E-state index contributed by atoms with van der Waals surface area (Å²) in [6.07, 6.45) is 0.744. The zero-order valence-electron chi connectivity index (χ0n) is 77.3. The molecule has 0 saturated carbocycles. The number of aliphatic carboxylic acids is 5. The second-order valence-corrected chi connectivity index (χ2v) is 33.3. The number of carboxylic acid groups (broad SMARTS) is 5. The number of carbonyl (C=O) groups excluding carboxylic acids is 16. The summed E-state index contributed by atoms with van der Waals surface area (Å²) >= 11 is 0. The van der Waals surface area contributed by atoms with Gasteiger partial charge in [0, 0.05) is 108 Å². The minimum atomic E-state index is -2.24. The Morgan fingerprint density at radius 1 is 0.385 bits per heavy atom. The Morgan fingerprint density at radius 2 is 0.727 bits per heavy atom. The van der Waals surface area contributed by atoms with Crippen LogP contribution in [0.2, 0.25) is 0 Å². The molecular weight excluding hydrogens is 1880 g/mol. The van der Waals surface area contributed by atoms with Crippen molar-refractivity contribution in [3.63, 3.8) is 0 Å². The number of H-pyrrole nitrogens is 4. The lowest BCUT2D eigenvalue weighted by Crippen LogP contribution is -2.61. The molecule has 0 unspecified atom stereocenters. The summed E-state index contributed by atoms with van der Waals surface area (Å²) < 4.78 is 0. The zero-order valence-corrected chi connectivity index (χ0v) is 77.3. The number of carbonyl (C=O) groups is 21. The first kappa shape index (κ1) is 111. The summed E-state index contributed by atoms with van der Waals surface area (Å²) in [6.45, 7) is -1.24. The van der Waals surface area contributed by atoms with Crippen LogP contribution in [0.5, 0.6) is 0 Å². The molecule has 55 heteroatoms. The van der Waals surface area contributed by atoms with Crippen LogP contribution in [0.15, 0.2) is 104 Å².